The van der Waals surface area contributed by atoms with Gasteiger partial charge in [0.25, 0.3) is 5.56 Å². The summed E-state index contributed by atoms with van der Waals surface area (Å²) in [5.74, 6) is 0.803. The number of ether oxygens (including phenoxy) is 1. The van der Waals surface area contributed by atoms with Crippen molar-refractivity contribution in [1.29, 1.82) is 0 Å². The summed E-state index contributed by atoms with van der Waals surface area (Å²) in [4.78, 5) is 18.4. The van der Waals surface area contributed by atoms with Crippen molar-refractivity contribution < 1.29 is 4.74 Å². The smallest absolute Gasteiger partial charge is 0.283 e. The molecule has 0 spiro atoms. The van der Waals surface area contributed by atoms with Gasteiger partial charge in [-0.1, -0.05) is 24.6 Å². The number of nitrogens with one attached hydrogen (secondary N) is 1. The Labute approximate surface area is 174 Å². The lowest BCUT2D eigenvalue weighted by Crippen LogP contribution is -2.33. The third kappa shape index (κ3) is 3.14. The predicted octanol–water partition coefficient (Wildman–Crippen LogP) is 3.15. The molecule has 0 atom stereocenters. The number of rotatable bonds is 3. The van der Waals surface area contributed by atoms with E-state index in [0.29, 0.717) is 10.9 Å². The highest BCUT2D eigenvalue weighted by molar-refractivity contribution is 5.65. The largest absolute Gasteiger partial charge is 0.497 e. The normalized spacial score (nSPS) is 16.3. The highest BCUT2D eigenvalue weighted by atomic mass is 16.5. The Morgan fingerprint density at radius 2 is 1.80 bits per heavy atom. The molecule has 0 aliphatic carbocycles. The van der Waals surface area contributed by atoms with Crippen LogP contribution in [0.2, 0.25) is 0 Å². The van der Waals surface area contributed by atoms with Gasteiger partial charge in [0.05, 0.1) is 24.7 Å². The number of nitrogens with zero attached hydrogens (tertiary/aromatic N) is 3. The fourth-order valence-corrected chi connectivity index (χ4v) is 4.11. The number of hydrogen-bond donors (Lipinski definition) is 1. The van der Waals surface area contributed by atoms with E-state index >= 15 is 0 Å². The third-order valence-electron chi connectivity index (χ3n) is 5.66. The van der Waals surface area contributed by atoms with Gasteiger partial charge < -0.3 is 10.1 Å². The van der Waals surface area contributed by atoms with Crippen molar-refractivity contribution in [1.82, 2.24) is 19.5 Å². The standard InChI is InChI=1S/C24H24N4O2/c1-30-19-13-11-17(12-14-19)21-16-27-23(26-21)22(20-10-6-3-7-15-25-20)24(29)28(27)18-8-4-2-5-9-18/h2,4-5,8-9,11-14,16,25H,3,6-7,10,15H2,1H3/b22-20-. The molecule has 0 saturated carbocycles. The van der Waals surface area contributed by atoms with Crippen LogP contribution in [0.3, 0.4) is 0 Å². The van der Waals surface area contributed by atoms with Gasteiger partial charge in [-0.05, 0) is 55.7 Å². The lowest BCUT2D eigenvalue weighted by molar-refractivity contribution is 0.415. The molecule has 1 aliphatic heterocycles. The van der Waals surface area contributed by atoms with Gasteiger partial charge in [-0.15, -0.1) is 0 Å². The molecule has 0 radical (unpaired) electrons. The lowest BCUT2D eigenvalue weighted by Gasteiger charge is -2.04. The topological polar surface area (TPSA) is 60.6 Å². The van der Waals surface area contributed by atoms with Gasteiger partial charge in [-0.25, -0.2) is 14.2 Å². The number of imidazole rings is 1. The Kier molecular flexibility index (Phi) is 4.75. The van der Waals surface area contributed by atoms with Crippen LogP contribution >= 0.6 is 0 Å². The molecule has 5 rings (SSSR count). The zero-order chi connectivity index (χ0) is 20.5. The average Bonchev–Trinajstić information content (AvgIpc) is 3.17. The minimum absolute atomic E-state index is 0.0330. The molecule has 0 unspecified atom stereocenters. The van der Waals surface area contributed by atoms with E-state index in [1.807, 2.05) is 65.3 Å². The first-order chi connectivity index (χ1) is 14.8. The molecule has 1 N–H and O–H groups in total. The Bertz CT molecular complexity index is 1280. The second kappa shape index (κ2) is 7.71. The molecule has 2 aromatic heterocycles. The van der Waals surface area contributed by atoms with Crippen LogP contribution in [0.25, 0.3) is 28.3 Å². The Hall–Kier alpha value is -3.54. The fourth-order valence-electron chi connectivity index (χ4n) is 4.11. The van der Waals surface area contributed by atoms with Gasteiger partial charge in [0.2, 0.25) is 0 Å². The van der Waals surface area contributed by atoms with Gasteiger partial charge >= 0.3 is 0 Å². The van der Waals surface area contributed by atoms with E-state index < -0.39 is 0 Å². The molecule has 1 aliphatic rings. The molecule has 6 nitrogen and oxygen atoms in total. The number of benzene rings is 2. The molecule has 6 heteroatoms. The van der Waals surface area contributed by atoms with Crippen LogP contribution in [0.4, 0.5) is 0 Å². The number of aromatic nitrogens is 3. The van der Waals surface area contributed by atoms with Crippen LogP contribution in [0, 0.1) is 0 Å². The van der Waals surface area contributed by atoms with Crippen molar-refractivity contribution in [3.63, 3.8) is 0 Å². The molecule has 152 valence electrons. The first-order valence-corrected chi connectivity index (χ1v) is 10.4. The van der Waals surface area contributed by atoms with Crippen LogP contribution < -0.4 is 20.8 Å². The number of hydrogen-bond acceptors (Lipinski definition) is 4. The van der Waals surface area contributed by atoms with Gasteiger partial charge in [-0.3, -0.25) is 4.79 Å². The molecule has 0 bridgehead atoms. The van der Waals surface area contributed by atoms with Crippen LogP contribution in [-0.2, 0) is 0 Å². The van der Waals surface area contributed by atoms with Gasteiger partial charge in [-0.2, -0.15) is 0 Å². The number of fused-ring (bicyclic) bond motifs is 1. The monoisotopic (exact) mass is 400 g/mol. The highest BCUT2D eigenvalue weighted by Crippen LogP contribution is 2.22. The maximum atomic E-state index is 13.5. The minimum atomic E-state index is -0.0330. The van der Waals surface area contributed by atoms with Gasteiger partial charge in [0, 0.05) is 17.8 Å². The molecule has 3 heterocycles. The van der Waals surface area contributed by atoms with Crippen LogP contribution in [0.5, 0.6) is 5.75 Å². The zero-order valence-corrected chi connectivity index (χ0v) is 17.0. The Morgan fingerprint density at radius 3 is 2.57 bits per heavy atom. The van der Waals surface area contributed by atoms with Gasteiger partial charge in [0.15, 0.2) is 5.65 Å². The number of para-hydroxylation sites is 1. The van der Waals surface area contributed by atoms with Crippen molar-refractivity contribution in [2.45, 2.75) is 25.7 Å². The summed E-state index contributed by atoms with van der Waals surface area (Å²) in [6.07, 6.45) is 6.18. The average molecular weight is 400 g/mol. The summed E-state index contributed by atoms with van der Waals surface area (Å²) in [5, 5.41) is 4.17. The maximum Gasteiger partial charge on any atom is 0.283 e. The number of methoxy groups -OCH3 is 1. The van der Waals surface area contributed by atoms with Crippen LogP contribution in [0.1, 0.15) is 25.7 Å². The van der Waals surface area contributed by atoms with E-state index in [2.05, 4.69) is 5.32 Å². The first kappa shape index (κ1) is 18.5. The molecular weight excluding hydrogens is 376 g/mol. The molecule has 0 amide bonds. The van der Waals surface area contributed by atoms with Gasteiger partial charge in [0.1, 0.15) is 11.0 Å². The van der Waals surface area contributed by atoms with E-state index in [-0.39, 0.29) is 5.56 Å². The summed E-state index contributed by atoms with van der Waals surface area (Å²) in [6.45, 7) is 0.892. The Balaban J connectivity index is 1.78. The molecule has 30 heavy (non-hydrogen) atoms. The summed E-state index contributed by atoms with van der Waals surface area (Å²) in [7, 11) is 1.65. The van der Waals surface area contributed by atoms with E-state index in [1.54, 1.807) is 11.8 Å². The maximum absolute atomic E-state index is 13.5. The summed E-state index contributed by atoms with van der Waals surface area (Å²) < 4.78 is 8.86. The van der Waals surface area contributed by atoms with Crippen molar-refractivity contribution in [3.8, 4) is 22.7 Å². The van der Waals surface area contributed by atoms with E-state index in [9.17, 15) is 4.79 Å². The molecule has 4 aromatic rings. The van der Waals surface area contributed by atoms with E-state index in [0.717, 1.165) is 54.2 Å². The summed E-state index contributed by atoms with van der Waals surface area (Å²) >= 11 is 0. The minimum Gasteiger partial charge on any atom is -0.497 e. The lowest BCUT2D eigenvalue weighted by atomic mass is 10.1. The fraction of sp³-hybridized carbons (Fsp3) is 0.250. The third-order valence-corrected chi connectivity index (χ3v) is 5.66. The second-order valence-corrected chi connectivity index (χ2v) is 7.57. The molecule has 2 aromatic carbocycles. The van der Waals surface area contributed by atoms with Crippen LogP contribution in [0.15, 0.2) is 65.6 Å². The van der Waals surface area contributed by atoms with Crippen molar-refractivity contribution >= 4 is 11.3 Å². The van der Waals surface area contributed by atoms with Crippen molar-refractivity contribution in [3.05, 3.63) is 76.4 Å². The molecular formula is C24H24N4O2. The zero-order valence-electron chi connectivity index (χ0n) is 17.0. The summed E-state index contributed by atoms with van der Waals surface area (Å²) in [5.41, 5.74) is 4.30. The Morgan fingerprint density at radius 1 is 1.00 bits per heavy atom. The first-order valence-electron chi connectivity index (χ1n) is 10.4. The second-order valence-electron chi connectivity index (χ2n) is 7.57. The van der Waals surface area contributed by atoms with Crippen molar-refractivity contribution in [2.24, 2.45) is 0 Å². The predicted molar refractivity (Wildman–Crippen MR) is 118 cm³/mol. The van der Waals surface area contributed by atoms with E-state index in [4.69, 9.17) is 9.72 Å². The van der Waals surface area contributed by atoms with E-state index in [1.165, 1.54) is 6.42 Å². The van der Waals surface area contributed by atoms with Crippen molar-refractivity contribution in [2.75, 3.05) is 13.7 Å². The highest BCUT2D eigenvalue weighted by Gasteiger charge is 2.19. The quantitative estimate of drug-likeness (QED) is 0.574. The SMILES string of the molecule is COc1ccc(-c2cn3c(n2)/c(=C2\CCCCCN2)c(=O)n3-c2ccccc2)cc1. The van der Waals surface area contributed by atoms with Crippen LogP contribution in [-0.4, -0.2) is 27.8 Å². The molecule has 1 fully saturated rings. The molecule has 1 saturated heterocycles. The summed E-state index contributed by atoms with van der Waals surface area (Å²) in [6, 6.07) is 17.6.